The Morgan fingerprint density at radius 2 is 1.72 bits per heavy atom. The molecule has 2 nitrogen and oxygen atoms in total. The second kappa shape index (κ2) is 7.35. The highest BCUT2D eigenvalue weighted by Gasteiger charge is 2.18. The zero-order valence-corrected chi connectivity index (χ0v) is 15.1. The van der Waals surface area contributed by atoms with Crippen molar-refractivity contribution >= 4 is 11.4 Å². The van der Waals surface area contributed by atoms with Crippen LogP contribution in [-0.2, 0) is 6.42 Å². The predicted molar refractivity (Wildman–Crippen MR) is 105 cm³/mol. The molecular formula is C23H27NO. The minimum absolute atomic E-state index is 0.743. The van der Waals surface area contributed by atoms with Gasteiger partial charge in [-0.15, -0.1) is 0 Å². The third-order valence-corrected chi connectivity index (χ3v) is 5.51. The van der Waals surface area contributed by atoms with Gasteiger partial charge in [-0.2, -0.15) is 0 Å². The summed E-state index contributed by atoms with van der Waals surface area (Å²) in [6.45, 7) is 3.05. The maximum atomic E-state index is 6.05. The molecule has 0 aromatic heterocycles. The van der Waals surface area contributed by atoms with E-state index < -0.39 is 0 Å². The number of fused-ring (bicyclic) bond motifs is 1. The molecule has 0 atom stereocenters. The number of nitrogens with zero attached hydrogens (tertiary/aromatic N) is 1. The minimum atomic E-state index is 0.743. The van der Waals surface area contributed by atoms with Gasteiger partial charge in [0.2, 0.25) is 0 Å². The van der Waals surface area contributed by atoms with Gasteiger partial charge in [0, 0.05) is 17.1 Å². The molecule has 2 aromatic carbocycles. The van der Waals surface area contributed by atoms with Crippen molar-refractivity contribution in [3.63, 3.8) is 0 Å². The van der Waals surface area contributed by atoms with Crippen molar-refractivity contribution in [2.45, 2.75) is 45.4 Å². The van der Waals surface area contributed by atoms with Gasteiger partial charge < -0.3 is 9.64 Å². The first-order chi connectivity index (χ1) is 12.3. The van der Waals surface area contributed by atoms with Crippen LogP contribution in [0, 0.1) is 5.92 Å². The van der Waals surface area contributed by atoms with Crippen molar-refractivity contribution in [1.29, 1.82) is 0 Å². The molecule has 0 N–H and O–H groups in total. The molecule has 130 valence electrons. The number of rotatable bonds is 4. The Morgan fingerprint density at radius 3 is 2.52 bits per heavy atom. The van der Waals surface area contributed by atoms with Gasteiger partial charge in [0.05, 0.1) is 6.61 Å². The Kier molecular flexibility index (Phi) is 4.78. The van der Waals surface area contributed by atoms with E-state index in [1.807, 2.05) is 0 Å². The summed E-state index contributed by atoms with van der Waals surface area (Å²) in [7, 11) is 0. The maximum Gasteiger partial charge on any atom is 0.119 e. The number of benzene rings is 2. The summed E-state index contributed by atoms with van der Waals surface area (Å²) >= 11 is 0. The standard InChI is InChI=1S/C23H27NO/c1-18-11-12-20-9-5-6-10-23(20)24(18)21-13-15-22(16-14-21)25-17-19-7-3-2-4-8-19/h5-6,9-11,13-16,19H,2-4,7-8,12,17H2,1H3. The van der Waals surface area contributed by atoms with E-state index in [1.54, 1.807) is 0 Å². The molecule has 0 bridgehead atoms. The number of allylic oxidation sites excluding steroid dienone is 2. The van der Waals surface area contributed by atoms with E-state index >= 15 is 0 Å². The fraction of sp³-hybridized carbons (Fsp3) is 0.391. The van der Waals surface area contributed by atoms with Crippen LogP contribution in [0.1, 0.15) is 44.6 Å². The SMILES string of the molecule is CC1=CCc2ccccc2N1c1ccc(OCC2CCCCC2)cc1. The van der Waals surface area contributed by atoms with Gasteiger partial charge in [-0.05, 0) is 68.0 Å². The molecule has 0 unspecified atom stereocenters. The summed E-state index contributed by atoms with van der Waals surface area (Å²) < 4.78 is 6.05. The topological polar surface area (TPSA) is 12.5 Å². The Balaban J connectivity index is 1.48. The van der Waals surface area contributed by atoms with Gasteiger partial charge in [-0.25, -0.2) is 0 Å². The van der Waals surface area contributed by atoms with Crippen molar-refractivity contribution in [3.05, 3.63) is 65.9 Å². The van der Waals surface area contributed by atoms with E-state index in [-0.39, 0.29) is 0 Å². The molecule has 2 aliphatic rings. The van der Waals surface area contributed by atoms with Gasteiger partial charge >= 0.3 is 0 Å². The Hall–Kier alpha value is -2.22. The molecule has 0 radical (unpaired) electrons. The third-order valence-electron chi connectivity index (χ3n) is 5.51. The van der Waals surface area contributed by atoms with Crippen molar-refractivity contribution in [1.82, 2.24) is 0 Å². The lowest BCUT2D eigenvalue weighted by molar-refractivity contribution is 0.209. The van der Waals surface area contributed by atoms with Crippen LogP contribution in [0.3, 0.4) is 0 Å². The van der Waals surface area contributed by atoms with Crippen LogP contribution in [-0.4, -0.2) is 6.61 Å². The third kappa shape index (κ3) is 3.58. The lowest BCUT2D eigenvalue weighted by atomic mass is 9.90. The van der Waals surface area contributed by atoms with Crippen LogP contribution in [0.4, 0.5) is 11.4 Å². The van der Waals surface area contributed by atoms with Crippen LogP contribution in [0.25, 0.3) is 0 Å². The van der Waals surface area contributed by atoms with Crippen LogP contribution >= 0.6 is 0 Å². The van der Waals surface area contributed by atoms with Crippen molar-refractivity contribution in [3.8, 4) is 5.75 Å². The minimum Gasteiger partial charge on any atom is -0.493 e. The van der Waals surface area contributed by atoms with Crippen LogP contribution in [0.5, 0.6) is 5.75 Å². The summed E-state index contributed by atoms with van der Waals surface area (Å²) in [5, 5.41) is 0. The molecule has 1 saturated carbocycles. The highest BCUT2D eigenvalue weighted by atomic mass is 16.5. The maximum absolute atomic E-state index is 6.05. The van der Waals surface area contributed by atoms with E-state index in [1.165, 1.54) is 54.7 Å². The number of anilines is 2. The molecule has 1 aliphatic heterocycles. The number of para-hydroxylation sites is 1. The lowest BCUT2D eigenvalue weighted by Crippen LogP contribution is -2.19. The first-order valence-electron chi connectivity index (χ1n) is 9.59. The van der Waals surface area contributed by atoms with Crippen molar-refractivity contribution < 1.29 is 4.74 Å². The molecule has 2 aromatic rings. The normalized spacial score (nSPS) is 17.8. The quantitative estimate of drug-likeness (QED) is 0.656. The first kappa shape index (κ1) is 16.3. The highest BCUT2D eigenvalue weighted by Crippen LogP contribution is 2.36. The fourth-order valence-electron chi connectivity index (χ4n) is 4.04. The van der Waals surface area contributed by atoms with Crippen LogP contribution in [0.15, 0.2) is 60.3 Å². The zero-order chi connectivity index (χ0) is 17.1. The van der Waals surface area contributed by atoms with E-state index in [0.29, 0.717) is 0 Å². The molecular weight excluding hydrogens is 306 g/mol. The average Bonchev–Trinajstić information content (AvgIpc) is 2.68. The molecule has 0 amide bonds. The van der Waals surface area contributed by atoms with Gasteiger partial charge in [-0.1, -0.05) is 43.5 Å². The van der Waals surface area contributed by atoms with Crippen LogP contribution in [0.2, 0.25) is 0 Å². The van der Waals surface area contributed by atoms with E-state index in [4.69, 9.17) is 4.74 Å². The van der Waals surface area contributed by atoms with Crippen LogP contribution < -0.4 is 9.64 Å². The summed E-state index contributed by atoms with van der Waals surface area (Å²) in [6.07, 6.45) is 10.1. The van der Waals surface area contributed by atoms with Gasteiger partial charge in [0.1, 0.15) is 5.75 Å². The Labute approximate surface area is 151 Å². The predicted octanol–water partition coefficient (Wildman–Crippen LogP) is 6.24. The van der Waals surface area contributed by atoms with E-state index in [0.717, 1.165) is 24.7 Å². The Morgan fingerprint density at radius 1 is 0.960 bits per heavy atom. The molecule has 4 rings (SSSR count). The first-order valence-corrected chi connectivity index (χ1v) is 9.59. The van der Waals surface area contributed by atoms with E-state index in [9.17, 15) is 0 Å². The molecule has 0 spiro atoms. The number of hydrogen-bond donors (Lipinski definition) is 0. The zero-order valence-electron chi connectivity index (χ0n) is 15.1. The van der Waals surface area contributed by atoms with Crippen molar-refractivity contribution in [2.75, 3.05) is 11.5 Å². The van der Waals surface area contributed by atoms with Gasteiger partial charge in [0.15, 0.2) is 0 Å². The summed E-state index contributed by atoms with van der Waals surface area (Å²) in [6, 6.07) is 17.2. The smallest absolute Gasteiger partial charge is 0.119 e. The monoisotopic (exact) mass is 333 g/mol. The largest absolute Gasteiger partial charge is 0.493 e. The molecule has 25 heavy (non-hydrogen) atoms. The molecule has 0 saturated heterocycles. The van der Waals surface area contributed by atoms with Gasteiger partial charge in [0.25, 0.3) is 0 Å². The van der Waals surface area contributed by atoms with Gasteiger partial charge in [-0.3, -0.25) is 0 Å². The van der Waals surface area contributed by atoms with E-state index in [2.05, 4.69) is 66.4 Å². The molecule has 2 heteroatoms. The highest BCUT2D eigenvalue weighted by molar-refractivity contribution is 5.73. The second-order valence-electron chi connectivity index (χ2n) is 7.32. The average molecular weight is 333 g/mol. The Bertz CT molecular complexity index is 741. The van der Waals surface area contributed by atoms with Crippen molar-refractivity contribution in [2.24, 2.45) is 5.92 Å². The fourth-order valence-corrected chi connectivity index (χ4v) is 4.04. The molecule has 1 heterocycles. The lowest BCUT2D eigenvalue weighted by Gasteiger charge is -2.31. The summed E-state index contributed by atoms with van der Waals surface area (Å²) in [4.78, 5) is 2.34. The summed E-state index contributed by atoms with van der Waals surface area (Å²) in [5.41, 5.74) is 5.16. The number of hydrogen-bond acceptors (Lipinski definition) is 2. The molecule has 1 aliphatic carbocycles. The summed E-state index contributed by atoms with van der Waals surface area (Å²) in [5.74, 6) is 1.73. The second-order valence-corrected chi connectivity index (χ2v) is 7.32. The molecule has 1 fully saturated rings. The number of ether oxygens (including phenoxy) is 1.